The van der Waals surface area contributed by atoms with E-state index < -0.39 is 5.97 Å². The van der Waals surface area contributed by atoms with E-state index in [0.717, 1.165) is 44.9 Å². The fourth-order valence-corrected chi connectivity index (χ4v) is 2.61. The number of aryl methyl sites for hydroxylation is 1. The van der Waals surface area contributed by atoms with Crippen molar-refractivity contribution in [3.05, 3.63) is 35.9 Å². The molecule has 0 heterocycles. The van der Waals surface area contributed by atoms with Crippen molar-refractivity contribution >= 4 is 5.97 Å². The van der Waals surface area contributed by atoms with Crippen molar-refractivity contribution in [2.45, 2.75) is 44.9 Å². The van der Waals surface area contributed by atoms with Crippen LogP contribution in [-0.2, 0) is 11.2 Å². The highest BCUT2D eigenvalue weighted by molar-refractivity contribution is 5.75. The second-order valence-electron chi connectivity index (χ2n) is 5.13. The minimum Gasteiger partial charge on any atom is -0.481 e. The fourth-order valence-electron chi connectivity index (χ4n) is 2.61. The van der Waals surface area contributed by atoms with Crippen LogP contribution in [0.25, 0.3) is 0 Å². The topological polar surface area (TPSA) is 37.3 Å². The standard InChI is InChI=1S/C15H20O2/c16-14(17)15(11-6-12-15)10-5-4-9-13-7-2-1-3-8-13/h1-3,7-8H,4-6,9-12H2,(H,16,17). The lowest BCUT2D eigenvalue weighted by Crippen LogP contribution is -2.37. The van der Waals surface area contributed by atoms with E-state index >= 15 is 0 Å². The maximum absolute atomic E-state index is 11.2. The number of carboxylic acids is 1. The molecule has 1 aliphatic rings. The Morgan fingerprint density at radius 1 is 1.18 bits per heavy atom. The molecule has 0 aliphatic heterocycles. The van der Waals surface area contributed by atoms with Crippen molar-refractivity contribution in [2.24, 2.45) is 5.41 Å². The molecular weight excluding hydrogens is 212 g/mol. The first-order chi connectivity index (χ1) is 8.23. The summed E-state index contributed by atoms with van der Waals surface area (Å²) in [5.41, 5.74) is 0.988. The molecule has 17 heavy (non-hydrogen) atoms. The van der Waals surface area contributed by atoms with E-state index in [1.54, 1.807) is 0 Å². The molecule has 0 bridgehead atoms. The molecule has 1 aliphatic carbocycles. The molecule has 1 saturated carbocycles. The van der Waals surface area contributed by atoms with Gasteiger partial charge >= 0.3 is 5.97 Å². The Morgan fingerprint density at radius 2 is 1.88 bits per heavy atom. The predicted molar refractivity (Wildman–Crippen MR) is 67.9 cm³/mol. The van der Waals surface area contributed by atoms with Gasteiger partial charge in [0.2, 0.25) is 0 Å². The van der Waals surface area contributed by atoms with Crippen LogP contribution in [0, 0.1) is 5.41 Å². The van der Waals surface area contributed by atoms with Crippen LogP contribution in [-0.4, -0.2) is 11.1 Å². The van der Waals surface area contributed by atoms with Gasteiger partial charge in [-0.1, -0.05) is 43.2 Å². The van der Waals surface area contributed by atoms with Gasteiger partial charge in [0.25, 0.3) is 0 Å². The molecule has 0 unspecified atom stereocenters. The summed E-state index contributed by atoms with van der Waals surface area (Å²) in [6.45, 7) is 0. The van der Waals surface area contributed by atoms with Gasteiger partial charge in [-0.25, -0.2) is 0 Å². The summed E-state index contributed by atoms with van der Waals surface area (Å²) < 4.78 is 0. The molecule has 0 amide bonds. The second kappa shape index (κ2) is 5.35. The highest BCUT2D eigenvalue weighted by Gasteiger charge is 2.43. The molecule has 92 valence electrons. The van der Waals surface area contributed by atoms with E-state index in [1.165, 1.54) is 5.56 Å². The third kappa shape index (κ3) is 2.87. The van der Waals surface area contributed by atoms with Crippen molar-refractivity contribution in [1.29, 1.82) is 0 Å². The average molecular weight is 232 g/mol. The van der Waals surface area contributed by atoms with Gasteiger partial charge in [-0.15, -0.1) is 0 Å². The Bertz CT molecular complexity index is 366. The summed E-state index contributed by atoms with van der Waals surface area (Å²) >= 11 is 0. The molecular formula is C15H20O2. The number of hydrogen-bond donors (Lipinski definition) is 1. The molecule has 1 N–H and O–H groups in total. The zero-order valence-corrected chi connectivity index (χ0v) is 10.2. The summed E-state index contributed by atoms with van der Waals surface area (Å²) in [4.78, 5) is 11.2. The van der Waals surface area contributed by atoms with Gasteiger partial charge < -0.3 is 5.11 Å². The fraction of sp³-hybridized carbons (Fsp3) is 0.533. The molecule has 1 aromatic rings. The number of benzene rings is 1. The van der Waals surface area contributed by atoms with Gasteiger partial charge in [0.1, 0.15) is 0 Å². The third-order valence-corrected chi connectivity index (χ3v) is 3.98. The van der Waals surface area contributed by atoms with Crippen molar-refractivity contribution in [3.63, 3.8) is 0 Å². The van der Waals surface area contributed by atoms with Gasteiger partial charge in [-0.3, -0.25) is 4.79 Å². The third-order valence-electron chi connectivity index (χ3n) is 3.98. The van der Waals surface area contributed by atoms with Crippen LogP contribution in [0.5, 0.6) is 0 Å². The maximum Gasteiger partial charge on any atom is 0.309 e. The van der Waals surface area contributed by atoms with Crippen molar-refractivity contribution in [2.75, 3.05) is 0 Å². The first kappa shape index (κ1) is 12.2. The highest BCUT2D eigenvalue weighted by atomic mass is 16.4. The lowest BCUT2D eigenvalue weighted by atomic mass is 9.66. The molecule has 2 nitrogen and oxygen atoms in total. The molecule has 2 rings (SSSR count). The number of hydrogen-bond acceptors (Lipinski definition) is 1. The predicted octanol–water partition coefficient (Wildman–Crippen LogP) is 3.65. The summed E-state index contributed by atoms with van der Waals surface area (Å²) in [5.74, 6) is -0.580. The monoisotopic (exact) mass is 232 g/mol. The summed E-state index contributed by atoms with van der Waals surface area (Å²) in [6, 6.07) is 10.4. The molecule has 0 atom stereocenters. The maximum atomic E-state index is 11.2. The number of unbranched alkanes of at least 4 members (excludes halogenated alkanes) is 1. The van der Waals surface area contributed by atoms with E-state index in [-0.39, 0.29) is 5.41 Å². The van der Waals surface area contributed by atoms with Crippen LogP contribution >= 0.6 is 0 Å². The zero-order chi connectivity index (χ0) is 12.1. The van der Waals surface area contributed by atoms with Gasteiger partial charge in [0.05, 0.1) is 5.41 Å². The largest absolute Gasteiger partial charge is 0.481 e. The molecule has 2 heteroatoms. The van der Waals surface area contributed by atoms with Gasteiger partial charge in [0, 0.05) is 0 Å². The van der Waals surface area contributed by atoms with Crippen molar-refractivity contribution in [3.8, 4) is 0 Å². The van der Waals surface area contributed by atoms with Crippen LogP contribution in [0.15, 0.2) is 30.3 Å². The molecule has 0 saturated heterocycles. The normalized spacial score (nSPS) is 17.4. The Kier molecular flexibility index (Phi) is 3.82. The van der Waals surface area contributed by atoms with Crippen LogP contribution in [0.4, 0.5) is 0 Å². The number of carbonyl (C=O) groups is 1. The average Bonchev–Trinajstić information content (AvgIpc) is 2.27. The SMILES string of the molecule is O=C(O)C1(CCCCc2ccccc2)CCC1. The van der Waals surface area contributed by atoms with Crippen molar-refractivity contribution in [1.82, 2.24) is 0 Å². The summed E-state index contributed by atoms with van der Waals surface area (Å²) in [6.07, 6.45) is 6.90. The Balaban J connectivity index is 1.71. The minimum atomic E-state index is -0.580. The van der Waals surface area contributed by atoms with Gasteiger partial charge in [-0.2, -0.15) is 0 Å². The summed E-state index contributed by atoms with van der Waals surface area (Å²) in [5, 5.41) is 9.20. The van der Waals surface area contributed by atoms with E-state index in [0.29, 0.717) is 0 Å². The number of carboxylic acid groups (broad SMARTS) is 1. The van der Waals surface area contributed by atoms with E-state index in [1.807, 2.05) is 6.07 Å². The first-order valence-corrected chi connectivity index (χ1v) is 6.50. The molecule has 1 aromatic carbocycles. The second-order valence-corrected chi connectivity index (χ2v) is 5.13. The smallest absolute Gasteiger partial charge is 0.309 e. The number of aliphatic carboxylic acids is 1. The lowest BCUT2D eigenvalue weighted by Gasteiger charge is -2.37. The van der Waals surface area contributed by atoms with Crippen LogP contribution in [0.2, 0.25) is 0 Å². The van der Waals surface area contributed by atoms with E-state index in [4.69, 9.17) is 0 Å². The van der Waals surface area contributed by atoms with Crippen molar-refractivity contribution < 1.29 is 9.90 Å². The Morgan fingerprint density at radius 3 is 2.41 bits per heavy atom. The quantitative estimate of drug-likeness (QED) is 0.760. The molecule has 0 aromatic heterocycles. The van der Waals surface area contributed by atoms with E-state index in [2.05, 4.69) is 24.3 Å². The zero-order valence-electron chi connectivity index (χ0n) is 10.2. The van der Waals surface area contributed by atoms with Gasteiger partial charge in [0.15, 0.2) is 0 Å². The number of rotatable bonds is 6. The molecule has 0 spiro atoms. The first-order valence-electron chi connectivity index (χ1n) is 6.50. The summed E-state index contributed by atoms with van der Waals surface area (Å²) in [7, 11) is 0. The van der Waals surface area contributed by atoms with Crippen LogP contribution in [0.3, 0.4) is 0 Å². The lowest BCUT2D eigenvalue weighted by molar-refractivity contribution is -0.155. The van der Waals surface area contributed by atoms with Crippen LogP contribution in [0.1, 0.15) is 44.1 Å². The molecule has 0 radical (unpaired) electrons. The molecule has 1 fully saturated rings. The Labute approximate surface area is 103 Å². The Hall–Kier alpha value is -1.31. The van der Waals surface area contributed by atoms with Crippen LogP contribution < -0.4 is 0 Å². The minimum absolute atomic E-state index is 0.364. The van der Waals surface area contributed by atoms with Gasteiger partial charge in [-0.05, 0) is 37.7 Å². The van der Waals surface area contributed by atoms with E-state index in [9.17, 15) is 9.90 Å². The highest BCUT2D eigenvalue weighted by Crippen LogP contribution is 2.45.